The molecule has 2 N–H and O–H groups in total. The van der Waals surface area contributed by atoms with Crippen molar-refractivity contribution in [1.29, 1.82) is 0 Å². The van der Waals surface area contributed by atoms with Crippen molar-refractivity contribution in [2.24, 2.45) is 12.8 Å². The third-order valence-corrected chi connectivity index (χ3v) is 3.56. The summed E-state index contributed by atoms with van der Waals surface area (Å²) in [5.41, 5.74) is 7.10. The Labute approximate surface area is 99.7 Å². The van der Waals surface area contributed by atoms with E-state index in [1.807, 2.05) is 36.9 Å². The van der Waals surface area contributed by atoms with E-state index in [2.05, 4.69) is 17.1 Å². The summed E-state index contributed by atoms with van der Waals surface area (Å²) >= 11 is 1.65. The molecule has 0 bridgehead atoms. The standard InChI is InChI=1S/C12H15N3S/c1-9(13)10-5-3-4-6-11(10)16-12-14-7-8-15(12)2/h3-9H,13H2,1-2H3/t9-/m0/s1. The molecule has 0 unspecified atom stereocenters. The van der Waals surface area contributed by atoms with Crippen molar-refractivity contribution >= 4 is 11.8 Å². The lowest BCUT2D eigenvalue weighted by molar-refractivity contribution is 0.780. The Hall–Kier alpha value is -1.26. The third-order valence-electron chi connectivity index (χ3n) is 2.39. The lowest BCUT2D eigenvalue weighted by Gasteiger charge is -2.11. The number of nitrogens with zero attached hydrogens (tertiary/aromatic N) is 2. The Morgan fingerprint density at radius 3 is 2.75 bits per heavy atom. The molecule has 3 nitrogen and oxygen atoms in total. The lowest BCUT2D eigenvalue weighted by atomic mass is 10.1. The van der Waals surface area contributed by atoms with E-state index < -0.39 is 0 Å². The van der Waals surface area contributed by atoms with Crippen LogP contribution in [0.25, 0.3) is 0 Å². The molecule has 0 aliphatic heterocycles. The highest BCUT2D eigenvalue weighted by Crippen LogP contribution is 2.31. The first-order valence-corrected chi connectivity index (χ1v) is 6.00. The molecule has 0 aliphatic carbocycles. The summed E-state index contributed by atoms with van der Waals surface area (Å²) in [7, 11) is 1.99. The van der Waals surface area contributed by atoms with Crippen molar-refractivity contribution in [3.05, 3.63) is 42.2 Å². The van der Waals surface area contributed by atoms with Crippen LogP contribution in [-0.4, -0.2) is 9.55 Å². The van der Waals surface area contributed by atoms with E-state index in [9.17, 15) is 0 Å². The topological polar surface area (TPSA) is 43.8 Å². The maximum Gasteiger partial charge on any atom is 0.172 e. The van der Waals surface area contributed by atoms with Crippen LogP contribution in [-0.2, 0) is 7.05 Å². The van der Waals surface area contributed by atoms with Crippen LogP contribution in [0.3, 0.4) is 0 Å². The number of benzene rings is 1. The number of aryl methyl sites for hydroxylation is 1. The largest absolute Gasteiger partial charge is 0.329 e. The number of hydrogen-bond acceptors (Lipinski definition) is 3. The number of aromatic nitrogens is 2. The summed E-state index contributed by atoms with van der Waals surface area (Å²) in [6.07, 6.45) is 3.74. The molecule has 84 valence electrons. The van der Waals surface area contributed by atoms with Gasteiger partial charge in [0.05, 0.1) is 0 Å². The van der Waals surface area contributed by atoms with Crippen molar-refractivity contribution < 1.29 is 0 Å². The summed E-state index contributed by atoms with van der Waals surface area (Å²) in [4.78, 5) is 5.47. The molecule has 1 heterocycles. The first-order valence-electron chi connectivity index (χ1n) is 5.18. The minimum Gasteiger partial charge on any atom is -0.329 e. The van der Waals surface area contributed by atoms with E-state index >= 15 is 0 Å². The molecule has 1 aromatic heterocycles. The molecule has 0 saturated heterocycles. The molecule has 16 heavy (non-hydrogen) atoms. The average Bonchev–Trinajstić information content (AvgIpc) is 2.65. The van der Waals surface area contributed by atoms with Crippen LogP contribution in [0.15, 0.2) is 46.7 Å². The van der Waals surface area contributed by atoms with Gasteiger partial charge in [-0.25, -0.2) is 4.98 Å². The van der Waals surface area contributed by atoms with Crippen LogP contribution in [0, 0.1) is 0 Å². The van der Waals surface area contributed by atoms with Crippen LogP contribution < -0.4 is 5.73 Å². The average molecular weight is 233 g/mol. The SMILES string of the molecule is C[C@H](N)c1ccccc1Sc1nccn1C. The predicted octanol–water partition coefficient (Wildman–Crippen LogP) is 2.59. The van der Waals surface area contributed by atoms with Gasteiger partial charge in [-0.2, -0.15) is 0 Å². The highest BCUT2D eigenvalue weighted by Gasteiger charge is 2.09. The molecular formula is C12H15N3S. The van der Waals surface area contributed by atoms with E-state index in [1.54, 1.807) is 18.0 Å². The van der Waals surface area contributed by atoms with E-state index in [4.69, 9.17) is 5.73 Å². The number of nitrogens with two attached hydrogens (primary N) is 1. The fourth-order valence-corrected chi connectivity index (χ4v) is 2.53. The van der Waals surface area contributed by atoms with E-state index in [0.717, 1.165) is 10.7 Å². The Morgan fingerprint density at radius 1 is 1.38 bits per heavy atom. The molecule has 4 heteroatoms. The van der Waals surface area contributed by atoms with Crippen molar-refractivity contribution in [2.75, 3.05) is 0 Å². The first kappa shape index (κ1) is 11.2. The van der Waals surface area contributed by atoms with Gasteiger partial charge in [0.1, 0.15) is 0 Å². The van der Waals surface area contributed by atoms with Gasteiger partial charge in [0.25, 0.3) is 0 Å². The Morgan fingerprint density at radius 2 is 2.12 bits per heavy atom. The fourth-order valence-electron chi connectivity index (χ4n) is 1.50. The summed E-state index contributed by atoms with van der Waals surface area (Å²) < 4.78 is 2.00. The lowest BCUT2D eigenvalue weighted by Crippen LogP contribution is -2.06. The third kappa shape index (κ3) is 2.28. The predicted molar refractivity (Wildman–Crippen MR) is 66.4 cm³/mol. The molecule has 0 aliphatic rings. The number of imidazole rings is 1. The second kappa shape index (κ2) is 4.72. The van der Waals surface area contributed by atoms with Gasteiger partial charge >= 0.3 is 0 Å². The zero-order valence-corrected chi connectivity index (χ0v) is 10.2. The molecular weight excluding hydrogens is 218 g/mol. The number of rotatable bonds is 3. The van der Waals surface area contributed by atoms with Gasteiger partial charge in [-0.1, -0.05) is 30.0 Å². The Balaban J connectivity index is 2.31. The maximum atomic E-state index is 5.94. The summed E-state index contributed by atoms with van der Waals surface area (Å²) in [6.45, 7) is 2.00. The van der Waals surface area contributed by atoms with E-state index in [-0.39, 0.29) is 6.04 Å². The minimum atomic E-state index is 0.0453. The van der Waals surface area contributed by atoms with Gasteiger partial charge in [-0.15, -0.1) is 0 Å². The van der Waals surface area contributed by atoms with Gasteiger partial charge in [0.2, 0.25) is 0 Å². The van der Waals surface area contributed by atoms with Crippen molar-refractivity contribution in [2.45, 2.75) is 23.0 Å². The second-order valence-electron chi connectivity index (χ2n) is 3.75. The van der Waals surface area contributed by atoms with Gasteiger partial charge in [-0.3, -0.25) is 0 Å². The second-order valence-corrected chi connectivity index (χ2v) is 4.76. The molecule has 0 spiro atoms. The van der Waals surface area contributed by atoms with Gasteiger partial charge < -0.3 is 10.3 Å². The quantitative estimate of drug-likeness (QED) is 0.886. The van der Waals surface area contributed by atoms with Crippen molar-refractivity contribution in [3.63, 3.8) is 0 Å². The van der Waals surface area contributed by atoms with Gasteiger partial charge in [-0.05, 0) is 18.6 Å². The molecule has 1 atom stereocenters. The van der Waals surface area contributed by atoms with Crippen LogP contribution in [0.2, 0.25) is 0 Å². The summed E-state index contributed by atoms with van der Waals surface area (Å²) in [5, 5.41) is 0.980. The normalized spacial score (nSPS) is 12.7. The number of hydrogen-bond donors (Lipinski definition) is 1. The zero-order valence-electron chi connectivity index (χ0n) is 9.42. The molecule has 1 aromatic carbocycles. The van der Waals surface area contributed by atoms with E-state index in [0.29, 0.717) is 0 Å². The Kier molecular flexibility index (Phi) is 3.31. The fraction of sp³-hybridized carbons (Fsp3) is 0.250. The molecule has 0 saturated carbocycles. The summed E-state index contributed by atoms with van der Waals surface area (Å²) in [6, 6.07) is 8.23. The van der Waals surface area contributed by atoms with Crippen molar-refractivity contribution in [3.8, 4) is 0 Å². The summed E-state index contributed by atoms with van der Waals surface area (Å²) in [5.74, 6) is 0. The van der Waals surface area contributed by atoms with Crippen molar-refractivity contribution in [1.82, 2.24) is 9.55 Å². The molecule has 0 amide bonds. The van der Waals surface area contributed by atoms with Crippen LogP contribution >= 0.6 is 11.8 Å². The van der Waals surface area contributed by atoms with Crippen LogP contribution in [0.5, 0.6) is 0 Å². The van der Waals surface area contributed by atoms with Crippen LogP contribution in [0.4, 0.5) is 0 Å². The highest BCUT2D eigenvalue weighted by molar-refractivity contribution is 7.99. The van der Waals surface area contributed by atoms with Gasteiger partial charge in [0.15, 0.2) is 5.16 Å². The Bertz CT molecular complexity index is 477. The monoisotopic (exact) mass is 233 g/mol. The highest BCUT2D eigenvalue weighted by atomic mass is 32.2. The zero-order chi connectivity index (χ0) is 11.5. The smallest absolute Gasteiger partial charge is 0.172 e. The first-order chi connectivity index (χ1) is 7.68. The molecule has 2 aromatic rings. The molecule has 0 fully saturated rings. The molecule has 2 rings (SSSR count). The minimum absolute atomic E-state index is 0.0453. The van der Waals surface area contributed by atoms with Gasteiger partial charge in [0, 0.05) is 30.4 Å². The van der Waals surface area contributed by atoms with E-state index in [1.165, 1.54) is 4.90 Å². The maximum absolute atomic E-state index is 5.94. The van der Waals surface area contributed by atoms with Crippen LogP contribution in [0.1, 0.15) is 18.5 Å². The molecule has 0 radical (unpaired) electrons.